The van der Waals surface area contributed by atoms with Gasteiger partial charge in [-0.3, -0.25) is 4.98 Å². The zero-order valence-electron chi connectivity index (χ0n) is 14.5. The van der Waals surface area contributed by atoms with Gasteiger partial charge in [0.15, 0.2) is 5.82 Å². The Morgan fingerprint density at radius 2 is 2.12 bits per heavy atom. The summed E-state index contributed by atoms with van der Waals surface area (Å²) in [5, 5.41) is 8.53. The highest BCUT2D eigenvalue weighted by Crippen LogP contribution is 2.34. The smallest absolute Gasteiger partial charge is 0.151 e. The molecular weight excluding hydrogens is 316 g/mol. The summed E-state index contributed by atoms with van der Waals surface area (Å²) >= 11 is 0. The fraction of sp³-hybridized carbons (Fsp3) is 0.526. The topological polar surface area (TPSA) is 60.4 Å². The molecule has 4 heterocycles. The normalized spacial score (nSPS) is 25.8. The van der Waals surface area contributed by atoms with E-state index in [0.29, 0.717) is 19.3 Å². The van der Waals surface area contributed by atoms with Gasteiger partial charge in [-0.2, -0.15) is 5.10 Å². The molecule has 6 nitrogen and oxygen atoms in total. The zero-order chi connectivity index (χ0) is 17.1. The maximum absolute atomic E-state index is 6.29. The van der Waals surface area contributed by atoms with Gasteiger partial charge in [-0.05, 0) is 50.5 Å². The summed E-state index contributed by atoms with van der Waals surface area (Å²) in [6.07, 6.45) is 5.39. The van der Waals surface area contributed by atoms with Crippen molar-refractivity contribution in [2.45, 2.75) is 51.0 Å². The number of nitrogens with zero attached hydrogens (tertiary/aromatic N) is 4. The largest absolute Gasteiger partial charge is 0.372 e. The van der Waals surface area contributed by atoms with Crippen molar-refractivity contribution in [1.82, 2.24) is 15.2 Å². The van der Waals surface area contributed by atoms with Gasteiger partial charge in [-0.1, -0.05) is 6.07 Å². The molecule has 2 aliphatic heterocycles. The third-order valence-electron chi connectivity index (χ3n) is 4.99. The lowest BCUT2D eigenvalue weighted by atomic mass is 9.99. The van der Waals surface area contributed by atoms with Crippen molar-refractivity contribution in [1.29, 1.82) is 0 Å². The molecule has 132 valence electrons. The number of hydrogen-bond donors (Lipinski definition) is 0. The van der Waals surface area contributed by atoms with Crippen LogP contribution < -0.4 is 4.90 Å². The average Bonchev–Trinajstić information content (AvgIpc) is 3.06. The number of pyridine rings is 1. The highest BCUT2D eigenvalue weighted by molar-refractivity contribution is 5.41. The molecule has 0 aromatic carbocycles. The Bertz CT molecular complexity index is 680. The molecule has 2 saturated heterocycles. The highest BCUT2D eigenvalue weighted by atomic mass is 16.5. The standard InChI is InChI=1S/C19H24N4O2/c1-14-5-8-19(22-21-14)23-11-9-18-17(23)7-6-16(25-18)13-24-12-15-4-2-3-10-20-15/h2-5,8,10,16-18H,6-7,9,11-13H2,1H3/t16-,17-,18-/m0/s1. The molecule has 6 heteroatoms. The Labute approximate surface area is 148 Å². The first-order valence-corrected chi connectivity index (χ1v) is 9.00. The summed E-state index contributed by atoms with van der Waals surface area (Å²) in [6, 6.07) is 10.4. The van der Waals surface area contributed by atoms with Gasteiger partial charge in [0.25, 0.3) is 0 Å². The summed E-state index contributed by atoms with van der Waals surface area (Å²) in [5.41, 5.74) is 1.91. The third kappa shape index (κ3) is 3.80. The number of aryl methyl sites for hydroxylation is 1. The minimum absolute atomic E-state index is 0.175. The SMILES string of the molecule is Cc1ccc(N2CC[C@@H]3O[C@H](COCc4ccccn4)CC[C@@H]32)nn1. The molecule has 0 N–H and O–H groups in total. The minimum atomic E-state index is 0.175. The molecule has 0 aliphatic carbocycles. The number of rotatable bonds is 5. The van der Waals surface area contributed by atoms with Gasteiger partial charge in [-0.25, -0.2) is 0 Å². The van der Waals surface area contributed by atoms with Crippen LogP contribution in [0.15, 0.2) is 36.5 Å². The van der Waals surface area contributed by atoms with Crippen LogP contribution in [0.2, 0.25) is 0 Å². The monoisotopic (exact) mass is 340 g/mol. The first-order valence-electron chi connectivity index (χ1n) is 9.00. The number of aromatic nitrogens is 3. The molecule has 0 radical (unpaired) electrons. The van der Waals surface area contributed by atoms with Crippen molar-refractivity contribution >= 4 is 5.82 Å². The van der Waals surface area contributed by atoms with Crippen LogP contribution in [-0.4, -0.2) is 46.6 Å². The van der Waals surface area contributed by atoms with E-state index in [1.54, 1.807) is 6.20 Å². The van der Waals surface area contributed by atoms with Gasteiger partial charge in [0.2, 0.25) is 0 Å². The van der Waals surface area contributed by atoms with Crippen molar-refractivity contribution < 1.29 is 9.47 Å². The van der Waals surface area contributed by atoms with Crippen molar-refractivity contribution in [2.24, 2.45) is 0 Å². The van der Waals surface area contributed by atoms with Crippen LogP contribution in [0.5, 0.6) is 0 Å². The van der Waals surface area contributed by atoms with E-state index in [1.807, 2.05) is 31.2 Å². The Balaban J connectivity index is 1.29. The number of anilines is 1. The van der Waals surface area contributed by atoms with Crippen LogP contribution in [0.1, 0.15) is 30.7 Å². The minimum Gasteiger partial charge on any atom is -0.372 e. The lowest BCUT2D eigenvalue weighted by Crippen LogP contribution is -2.44. The van der Waals surface area contributed by atoms with Crippen LogP contribution in [0, 0.1) is 6.92 Å². The zero-order valence-corrected chi connectivity index (χ0v) is 14.5. The Morgan fingerprint density at radius 3 is 2.92 bits per heavy atom. The molecule has 4 rings (SSSR count). The van der Waals surface area contributed by atoms with E-state index >= 15 is 0 Å². The first-order chi connectivity index (χ1) is 12.3. The van der Waals surface area contributed by atoms with E-state index in [2.05, 4.69) is 26.1 Å². The van der Waals surface area contributed by atoms with Gasteiger partial charge in [0.1, 0.15) is 0 Å². The summed E-state index contributed by atoms with van der Waals surface area (Å²) in [6.45, 7) is 4.11. The van der Waals surface area contributed by atoms with E-state index in [9.17, 15) is 0 Å². The molecule has 0 unspecified atom stereocenters. The molecule has 0 saturated carbocycles. The molecule has 2 aromatic heterocycles. The van der Waals surface area contributed by atoms with E-state index in [0.717, 1.165) is 43.0 Å². The number of hydrogen-bond acceptors (Lipinski definition) is 6. The average molecular weight is 340 g/mol. The van der Waals surface area contributed by atoms with Gasteiger partial charge in [-0.15, -0.1) is 5.10 Å². The van der Waals surface area contributed by atoms with E-state index in [-0.39, 0.29) is 12.2 Å². The fourth-order valence-electron chi connectivity index (χ4n) is 3.73. The van der Waals surface area contributed by atoms with Crippen molar-refractivity contribution in [2.75, 3.05) is 18.1 Å². The van der Waals surface area contributed by atoms with Crippen LogP contribution in [0.4, 0.5) is 5.82 Å². The predicted molar refractivity (Wildman–Crippen MR) is 94.3 cm³/mol. The van der Waals surface area contributed by atoms with Crippen LogP contribution in [-0.2, 0) is 16.1 Å². The molecule has 0 bridgehead atoms. The summed E-state index contributed by atoms with van der Waals surface area (Å²) in [5.74, 6) is 0.964. The summed E-state index contributed by atoms with van der Waals surface area (Å²) in [4.78, 5) is 6.63. The molecule has 0 amide bonds. The van der Waals surface area contributed by atoms with Crippen LogP contribution in [0.25, 0.3) is 0 Å². The quantitative estimate of drug-likeness (QED) is 0.833. The summed E-state index contributed by atoms with van der Waals surface area (Å²) < 4.78 is 12.1. The maximum atomic E-state index is 6.29. The number of ether oxygens (including phenoxy) is 2. The Hall–Kier alpha value is -2.05. The lowest BCUT2D eigenvalue weighted by Gasteiger charge is -2.36. The van der Waals surface area contributed by atoms with Crippen molar-refractivity contribution in [3.05, 3.63) is 47.9 Å². The van der Waals surface area contributed by atoms with Gasteiger partial charge in [0, 0.05) is 12.7 Å². The van der Waals surface area contributed by atoms with Crippen molar-refractivity contribution in [3.63, 3.8) is 0 Å². The molecule has 2 aliphatic rings. The first kappa shape index (κ1) is 16.4. The number of fused-ring (bicyclic) bond motifs is 1. The molecule has 3 atom stereocenters. The van der Waals surface area contributed by atoms with E-state index < -0.39 is 0 Å². The fourth-order valence-corrected chi connectivity index (χ4v) is 3.73. The highest BCUT2D eigenvalue weighted by Gasteiger charge is 2.40. The Morgan fingerprint density at radius 1 is 1.16 bits per heavy atom. The van der Waals surface area contributed by atoms with Gasteiger partial charge in [0.05, 0.1) is 42.9 Å². The maximum Gasteiger partial charge on any atom is 0.151 e. The second-order valence-corrected chi connectivity index (χ2v) is 6.79. The second kappa shape index (κ2) is 7.45. The van der Waals surface area contributed by atoms with Gasteiger partial charge >= 0.3 is 0 Å². The van der Waals surface area contributed by atoms with Crippen molar-refractivity contribution in [3.8, 4) is 0 Å². The van der Waals surface area contributed by atoms with Crippen LogP contribution >= 0.6 is 0 Å². The van der Waals surface area contributed by atoms with Gasteiger partial charge < -0.3 is 14.4 Å². The molecule has 25 heavy (non-hydrogen) atoms. The van der Waals surface area contributed by atoms with E-state index in [4.69, 9.17) is 9.47 Å². The van der Waals surface area contributed by atoms with Crippen LogP contribution in [0.3, 0.4) is 0 Å². The molecule has 2 fully saturated rings. The lowest BCUT2D eigenvalue weighted by molar-refractivity contribution is -0.0891. The van der Waals surface area contributed by atoms with E-state index in [1.165, 1.54) is 0 Å². The predicted octanol–water partition coefficient (Wildman–Crippen LogP) is 2.52. The molecule has 2 aromatic rings. The molecular formula is C19H24N4O2. The Kier molecular flexibility index (Phi) is 4.90. The summed E-state index contributed by atoms with van der Waals surface area (Å²) in [7, 11) is 0. The third-order valence-corrected chi connectivity index (χ3v) is 4.99. The molecule has 0 spiro atoms. The second-order valence-electron chi connectivity index (χ2n) is 6.79.